The first kappa shape index (κ1) is 24.1. The van der Waals surface area contributed by atoms with E-state index in [1.165, 1.54) is 18.1 Å². The third-order valence-corrected chi connectivity index (χ3v) is 8.95. The molecule has 0 spiro atoms. The largest absolute Gasteiger partial charge is 0.494 e. The van der Waals surface area contributed by atoms with E-state index >= 15 is 0 Å². The minimum Gasteiger partial charge on any atom is -0.494 e. The summed E-state index contributed by atoms with van der Waals surface area (Å²) < 4.78 is 26.2. The molecule has 10 heteroatoms. The SMILES string of the molecule is CCN1C[C@@H]2C[C@H]1CN2c1ccc2oc([C@]3(CN4Cc5ccc(OC)c(F)c5C4=O)CC(=O)NC3=O)cc2c1. The van der Waals surface area contributed by atoms with Gasteiger partial charge in [0, 0.05) is 49.3 Å². The molecule has 202 valence electrons. The third kappa shape index (κ3) is 3.50. The second-order valence-electron chi connectivity index (χ2n) is 11.0. The Hall–Kier alpha value is -3.92. The fraction of sp³-hybridized carbons (Fsp3) is 0.414. The second-order valence-corrected chi connectivity index (χ2v) is 11.0. The van der Waals surface area contributed by atoms with Gasteiger partial charge in [-0.3, -0.25) is 24.6 Å². The molecule has 3 amide bonds. The summed E-state index contributed by atoms with van der Waals surface area (Å²) in [5.41, 5.74) is 0.738. The van der Waals surface area contributed by atoms with Crippen molar-refractivity contribution in [2.45, 2.75) is 43.8 Å². The smallest absolute Gasteiger partial charge is 0.257 e. The molecule has 0 saturated carbocycles. The van der Waals surface area contributed by atoms with Crippen LogP contribution in [0.3, 0.4) is 0 Å². The number of halogens is 1. The molecule has 0 radical (unpaired) electrons. The molecule has 9 nitrogen and oxygen atoms in total. The maximum atomic E-state index is 14.9. The summed E-state index contributed by atoms with van der Waals surface area (Å²) in [4.78, 5) is 45.4. The van der Waals surface area contributed by atoms with Crippen molar-refractivity contribution in [2.75, 3.05) is 38.2 Å². The summed E-state index contributed by atoms with van der Waals surface area (Å²) in [6, 6.07) is 12.0. The molecule has 39 heavy (non-hydrogen) atoms. The highest BCUT2D eigenvalue weighted by Gasteiger charge is 2.53. The number of carbonyl (C=O) groups is 3. The molecule has 5 heterocycles. The third-order valence-electron chi connectivity index (χ3n) is 8.95. The molecule has 2 aromatic carbocycles. The fourth-order valence-corrected chi connectivity index (χ4v) is 6.95. The summed E-state index contributed by atoms with van der Waals surface area (Å²) in [6.07, 6.45) is 1.000. The predicted molar refractivity (Wildman–Crippen MR) is 140 cm³/mol. The second kappa shape index (κ2) is 8.54. The number of benzene rings is 2. The number of furan rings is 1. The van der Waals surface area contributed by atoms with E-state index in [4.69, 9.17) is 9.15 Å². The van der Waals surface area contributed by atoms with Gasteiger partial charge >= 0.3 is 0 Å². The van der Waals surface area contributed by atoms with Crippen molar-refractivity contribution in [1.29, 1.82) is 0 Å². The lowest BCUT2D eigenvalue weighted by Crippen LogP contribution is -2.46. The maximum absolute atomic E-state index is 14.9. The summed E-state index contributed by atoms with van der Waals surface area (Å²) in [7, 11) is 1.34. The quantitative estimate of drug-likeness (QED) is 0.488. The first-order chi connectivity index (χ1) is 18.8. The Morgan fingerprint density at radius 3 is 2.67 bits per heavy atom. The van der Waals surface area contributed by atoms with Crippen LogP contribution in [0.5, 0.6) is 5.75 Å². The van der Waals surface area contributed by atoms with E-state index < -0.39 is 29.0 Å². The van der Waals surface area contributed by atoms with Crippen LogP contribution in [0.25, 0.3) is 11.0 Å². The zero-order valence-corrected chi connectivity index (χ0v) is 21.8. The van der Waals surface area contributed by atoms with Crippen LogP contribution in [-0.4, -0.2) is 72.9 Å². The molecular formula is C29H29FN4O5. The Labute approximate surface area is 224 Å². The van der Waals surface area contributed by atoms with Crippen LogP contribution in [0, 0.1) is 5.82 Å². The van der Waals surface area contributed by atoms with Crippen LogP contribution < -0.4 is 15.0 Å². The van der Waals surface area contributed by atoms with Gasteiger partial charge in [-0.1, -0.05) is 13.0 Å². The van der Waals surface area contributed by atoms with Crippen molar-refractivity contribution in [3.05, 3.63) is 59.1 Å². The van der Waals surface area contributed by atoms with E-state index in [1.54, 1.807) is 12.1 Å². The fourth-order valence-electron chi connectivity index (χ4n) is 6.95. The Balaban J connectivity index is 1.21. The number of amides is 3. The molecule has 3 atom stereocenters. The van der Waals surface area contributed by atoms with Gasteiger partial charge in [0.1, 0.15) is 16.8 Å². The highest BCUT2D eigenvalue weighted by Crippen LogP contribution is 2.41. The number of nitrogens with zero attached hydrogens (tertiary/aromatic N) is 3. The number of ether oxygens (including phenoxy) is 1. The standard InChI is InChI=1S/C29H29FN4O5/c1-3-32-13-20-10-19(32)14-34(20)18-5-7-21-17(8-18)9-23(39-21)29(11-24(35)31-28(29)37)15-33-12-16-4-6-22(38-2)26(30)25(16)27(33)36/h4-9,19-20H,3,10-15H2,1-2H3,(H,31,35,37)/t19-,20-,29+/m0/s1. The Morgan fingerprint density at radius 2 is 1.97 bits per heavy atom. The van der Waals surface area contributed by atoms with Crippen LogP contribution in [0.15, 0.2) is 40.8 Å². The van der Waals surface area contributed by atoms with Crippen LogP contribution >= 0.6 is 0 Å². The molecular weight excluding hydrogens is 503 g/mol. The number of fused-ring (bicyclic) bond motifs is 4. The van der Waals surface area contributed by atoms with Crippen LogP contribution in [0.1, 0.15) is 41.4 Å². The van der Waals surface area contributed by atoms with E-state index in [9.17, 15) is 18.8 Å². The minimum absolute atomic E-state index is 0.0193. The number of methoxy groups -OCH3 is 1. The number of anilines is 1. The number of imide groups is 1. The summed E-state index contributed by atoms with van der Waals surface area (Å²) >= 11 is 0. The van der Waals surface area contributed by atoms with Gasteiger partial charge in [0.15, 0.2) is 11.6 Å². The van der Waals surface area contributed by atoms with Crippen molar-refractivity contribution in [3.8, 4) is 5.75 Å². The zero-order chi connectivity index (χ0) is 27.1. The van der Waals surface area contributed by atoms with Crippen molar-refractivity contribution in [2.24, 2.45) is 0 Å². The summed E-state index contributed by atoms with van der Waals surface area (Å²) in [6.45, 7) is 5.30. The molecule has 0 aliphatic carbocycles. The van der Waals surface area contributed by atoms with E-state index in [-0.39, 0.29) is 30.8 Å². The number of piperazine rings is 1. The monoisotopic (exact) mass is 532 g/mol. The van der Waals surface area contributed by atoms with Crippen LogP contribution in [-0.2, 0) is 21.5 Å². The van der Waals surface area contributed by atoms with E-state index in [2.05, 4.69) is 28.1 Å². The zero-order valence-electron chi connectivity index (χ0n) is 21.8. The van der Waals surface area contributed by atoms with Gasteiger partial charge in [0.2, 0.25) is 11.8 Å². The Morgan fingerprint density at radius 1 is 1.13 bits per heavy atom. The van der Waals surface area contributed by atoms with Crippen LogP contribution in [0.2, 0.25) is 0 Å². The highest BCUT2D eigenvalue weighted by molar-refractivity contribution is 6.10. The highest BCUT2D eigenvalue weighted by atomic mass is 19.1. The normalized spacial score (nSPS) is 26.3. The Kier molecular flexibility index (Phi) is 5.29. The number of likely N-dealkylation sites (N-methyl/N-ethyl adjacent to an activating group) is 1. The number of hydrogen-bond donors (Lipinski definition) is 1. The molecule has 3 fully saturated rings. The van der Waals surface area contributed by atoms with E-state index in [1.807, 2.05) is 12.1 Å². The topological polar surface area (TPSA) is 95.3 Å². The number of likely N-dealkylation sites (tertiary alicyclic amines) is 1. The maximum Gasteiger partial charge on any atom is 0.257 e. The van der Waals surface area contributed by atoms with Gasteiger partial charge in [-0.15, -0.1) is 0 Å². The number of carbonyl (C=O) groups excluding carboxylic acids is 3. The molecule has 4 aliphatic rings. The van der Waals surface area contributed by atoms with Crippen molar-refractivity contribution >= 4 is 34.4 Å². The molecule has 1 N–H and O–H groups in total. The first-order valence-electron chi connectivity index (χ1n) is 13.3. The molecule has 3 aromatic rings. The summed E-state index contributed by atoms with van der Waals surface area (Å²) in [5.74, 6) is -1.93. The predicted octanol–water partition coefficient (Wildman–Crippen LogP) is 2.80. The van der Waals surface area contributed by atoms with Crippen molar-refractivity contribution in [3.63, 3.8) is 0 Å². The average Bonchev–Trinajstić information content (AvgIpc) is 3.73. The molecule has 1 aromatic heterocycles. The van der Waals surface area contributed by atoms with E-state index in [0.29, 0.717) is 29.0 Å². The average molecular weight is 533 g/mol. The first-order valence-corrected chi connectivity index (χ1v) is 13.3. The molecule has 0 unspecified atom stereocenters. The summed E-state index contributed by atoms with van der Waals surface area (Å²) in [5, 5.41) is 3.22. The number of hydrogen-bond acceptors (Lipinski definition) is 7. The van der Waals surface area contributed by atoms with Gasteiger partial charge < -0.3 is 19.0 Å². The van der Waals surface area contributed by atoms with Gasteiger partial charge in [0.05, 0.1) is 19.1 Å². The minimum atomic E-state index is -1.41. The molecule has 7 rings (SSSR count). The molecule has 3 saturated heterocycles. The van der Waals surface area contributed by atoms with Crippen molar-refractivity contribution in [1.82, 2.24) is 15.1 Å². The van der Waals surface area contributed by atoms with Crippen LogP contribution in [0.4, 0.5) is 10.1 Å². The number of rotatable bonds is 6. The van der Waals surface area contributed by atoms with Gasteiger partial charge in [0.25, 0.3) is 5.91 Å². The molecule has 2 bridgehead atoms. The van der Waals surface area contributed by atoms with E-state index in [0.717, 1.165) is 37.1 Å². The number of nitrogens with one attached hydrogen (secondary N) is 1. The molecule has 4 aliphatic heterocycles. The van der Waals surface area contributed by atoms with Gasteiger partial charge in [-0.2, -0.15) is 0 Å². The van der Waals surface area contributed by atoms with Gasteiger partial charge in [-0.25, -0.2) is 4.39 Å². The Bertz CT molecular complexity index is 1550. The van der Waals surface area contributed by atoms with Crippen molar-refractivity contribution < 1.29 is 27.9 Å². The lowest BCUT2D eigenvalue weighted by atomic mass is 9.82. The lowest BCUT2D eigenvalue weighted by Gasteiger charge is -2.35. The lowest BCUT2D eigenvalue weighted by molar-refractivity contribution is -0.127. The van der Waals surface area contributed by atoms with Gasteiger partial charge in [-0.05, 0) is 48.9 Å².